The maximum Gasteiger partial charge on any atom is 0.706 e. The van der Waals surface area contributed by atoms with E-state index in [9.17, 15) is 24.3 Å². The second-order valence-electron chi connectivity index (χ2n) is 10.1. The van der Waals surface area contributed by atoms with E-state index in [1.54, 1.807) is 19.1 Å². The number of aromatic nitrogens is 1. The highest BCUT2D eigenvalue weighted by Gasteiger charge is 2.70. The van der Waals surface area contributed by atoms with Crippen LogP contribution in [0.2, 0.25) is 0 Å². The van der Waals surface area contributed by atoms with Crippen LogP contribution in [0.3, 0.4) is 0 Å². The van der Waals surface area contributed by atoms with Crippen LogP contribution < -0.4 is 10.6 Å². The minimum Gasteiger partial charge on any atom is -0.579 e. The number of rotatable bonds is 9. The van der Waals surface area contributed by atoms with E-state index >= 15 is 0 Å². The molecule has 0 saturated carbocycles. The topological polar surface area (TPSA) is 147 Å². The summed E-state index contributed by atoms with van der Waals surface area (Å²) in [6, 6.07) is 12.9. The van der Waals surface area contributed by atoms with E-state index in [0.717, 1.165) is 5.56 Å². The molecule has 2 aliphatic heterocycles. The van der Waals surface area contributed by atoms with E-state index in [1.807, 2.05) is 44.2 Å². The summed E-state index contributed by atoms with van der Waals surface area (Å²) < 4.78 is 13.6. The Labute approximate surface area is 220 Å². The van der Waals surface area contributed by atoms with Crippen molar-refractivity contribution in [1.29, 1.82) is 0 Å². The van der Waals surface area contributed by atoms with E-state index in [4.69, 9.17) is 9.31 Å². The average molecular weight is 525 g/mol. The second-order valence-corrected chi connectivity index (χ2v) is 10.1. The normalized spacial score (nSPS) is 23.3. The summed E-state index contributed by atoms with van der Waals surface area (Å²) in [4.78, 5) is 55.4. The van der Waals surface area contributed by atoms with E-state index in [1.165, 1.54) is 13.0 Å². The number of aliphatic hydroxyl groups excluding tert-OH is 1. The third kappa shape index (κ3) is 5.41. The summed E-state index contributed by atoms with van der Waals surface area (Å²) in [6.45, 7) is 3.79. The summed E-state index contributed by atoms with van der Waals surface area (Å²) >= 11 is 0. The van der Waals surface area contributed by atoms with Crippen molar-refractivity contribution in [3.63, 3.8) is 0 Å². The zero-order chi connectivity index (χ0) is 27.6. The molecule has 12 heteroatoms. The molecule has 2 aromatic rings. The Morgan fingerprint density at radius 2 is 1.79 bits per heavy atom. The number of nitrogens with one attached hydrogen (secondary N) is 2. The lowest BCUT2D eigenvalue weighted by Crippen LogP contribution is -2.65. The maximum atomic E-state index is 13.4. The molecule has 38 heavy (non-hydrogen) atoms. The quantitative estimate of drug-likeness (QED) is 0.328. The van der Waals surface area contributed by atoms with Crippen molar-refractivity contribution < 1.29 is 37.9 Å². The average Bonchev–Trinajstić information content (AvgIpc) is 3.33. The Bertz CT molecular complexity index is 1220. The number of hydrogen-bond acceptors (Lipinski definition) is 8. The summed E-state index contributed by atoms with van der Waals surface area (Å²) in [6.07, 6.45) is -1.78. The molecular weight excluding hydrogens is 493 g/mol. The van der Waals surface area contributed by atoms with Crippen LogP contribution in [0.5, 0.6) is 0 Å². The number of hydrogen-bond donors (Lipinski definition) is 3. The lowest BCUT2D eigenvalue weighted by Gasteiger charge is -2.38. The first-order valence-corrected chi connectivity index (χ1v) is 12.6. The van der Waals surface area contributed by atoms with E-state index in [0.29, 0.717) is 12.1 Å². The van der Waals surface area contributed by atoms with Crippen LogP contribution in [0.25, 0.3) is 11.3 Å². The van der Waals surface area contributed by atoms with Crippen molar-refractivity contribution in [2.24, 2.45) is 5.92 Å². The van der Waals surface area contributed by atoms with Gasteiger partial charge in [-0.2, -0.15) is 0 Å². The predicted octanol–water partition coefficient (Wildman–Crippen LogP) is 1.29. The summed E-state index contributed by atoms with van der Waals surface area (Å²) in [5, 5.41) is 15.7. The van der Waals surface area contributed by atoms with Gasteiger partial charge in [-0.25, -0.2) is 14.6 Å². The Hall–Kier alpha value is -3.77. The van der Waals surface area contributed by atoms with Crippen molar-refractivity contribution in [3.05, 3.63) is 54.2 Å². The molecule has 1 unspecified atom stereocenters. The molecule has 2 saturated heterocycles. The van der Waals surface area contributed by atoms with Crippen LogP contribution in [0.4, 0.5) is 0 Å². The Morgan fingerprint density at radius 1 is 1.08 bits per heavy atom. The van der Waals surface area contributed by atoms with Crippen LogP contribution in [0.15, 0.2) is 48.5 Å². The highest BCUT2D eigenvalue weighted by molar-refractivity contribution is 6.69. The molecule has 1 aromatic heterocycles. The molecule has 0 aliphatic carbocycles. The van der Waals surface area contributed by atoms with Gasteiger partial charge in [-0.1, -0.05) is 50.2 Å². The molecule has 11 nitrogen and oxygen atoms in total. The van der Waals surface area contributed by atoms with Gasteiger partial charge in [0.05, 0.1) is 17.7 Å². The van der Waals surface area contributed by atoms with Gasteiger partial charge in [0.1, 0.15) is 11.7 Å². The van der Waals surface area contributed by atoms with Crippen LogP contribution >= 0.6 is 0 Å². The minimum absolute atomic E-state index is 0.0115. The SMILES string of the molecule is CC(C)C[C@H](NC(=O)[C@@H](NC(=O)c1cccc(-c2ccccc2)n1)[C@@H](C)O)[B-]12OC(=O)C[O+]1[C@H](C)C(=O)O2. The molecule has 3 heterocycles. The van der Waals surface area contributed by atoms with Gasteiger partial charge in [0, 0.05) is 12.5 Å². The minimum atomic E-state index is -2.73. The van der Waals surface area contributed by atoms with Gasteiger partial charge in [-0.15, -0.1) is 0 Å². The van der Waals surface area contributed by atoms with Gasteiger partial charge >= 0.3 is 18.7 Å². The summed E-state index contributed by atoms with van der Waals surface area (Å²) in [7, 11) is 0. The fraction of sp³-hybridized carbons (Fsp3) is 0.423. The van der Waals surface area contributed by atoms with Gasteiger partial charge in [-0.05, 0) is 31.4 Å². The van der Waals surface area contributed by atoms with Gasteiger partial charge in [0.2, 0.25) is 12.0 Å². The first-order chi connectivity index (χ1) is 18.0. The molecule has 0 spiro atoms. The maximum absolute atomic E-state index is 13.4. The zero-order valence-corrected chi connectivity index (χ0v) is 21.7. The smallest absolute Gasteiger partial charge is 0.579 e. The van der Waals surface area contributed by atoms with Gasteiger partial charge in [0.15, 0.2) is 6.61 Å². The summed E-state index contributed by atoms with van der Waals surface area (Å²) in [5.41, 5.74) is 1.46. The zero-order valence-electron chi connectivity index (χ0n) is 21.7. The largest absolute Gasteiger partial charge is 0.706 e. The molecule has 4 rings (SSSR count). The van der Waals surface area contributed by atoms with Crippen molar-refractivity contribution in [2.45, 2.75) is 58.3 Å². The number of aliphatic hydroxyl groups is 1. The van der Waals surface area contributed by atoms with Gasteiger partial charge in [-0.3, -0.25) is 9.59 Å². The fourth-order valence-corrected chi connectivity index (χ4v) is 4.84. The third-order valence-electron chi connectivity index (χ3n) is 6.72. The van der Waals surface area contributed by atoms with Gasteiger partial charge in [0.25, 0.3) is 5.91 Å². The molecule has 3 N–H and O–H groups in total. The number of pyridine rings is 1. The second kappa shape index (κ2) is 10.9. The Kier molecular flexibility index (Phi) is 7.84. The first-order valence-electron chi connectivity index (χ1n) is 12.6. The lowest BCUT2D eigenvalue weighted by molar-refractivity contribution is -0.146. The summed E-state index contributed by atoms with van der Waals surface area (Å²) in [5.74, 6) is -3.48. The number of nitrogens with zero attached hydrogens (tertiary/aromatic N) is 1. The molecule has 0 bridgehead atoms. The lowest BCUT2D eigenvalue weighted by atomic mass is 9.65. The number of carbonyl (C=O) groups excluding carboxylic acids is 4. The molecule has 2 fully saturated rings. The number of amides is 2. The predicted molar refractivity (Wildman–Crippen MR) is 137 cm³/mol. The number of benzene rings is 1. The van der Waals surface area contributed by atoms with Crippen molar-refractivity contribution in [3.8, 4) is 11.3 Å². The van der Waals surface area contributed by atoms with Crippen molar-refractivity contribution in [2.75, 3.05) is 6.61 Å². The fourth-order valence-electron chi connectivity index (χ4n) is 4.84. The molecule has 202 valence electrons. The van der Waals surface area contributed by atoms with Crippen LogP contribution in [-0.4, -0.2) is 71.4 Å². The molecule has 2 amide bonds. The van der Waals surface area contributed by atoms with E-state index < -0.39 is 54.7 Å². The van der Waals surface area contributed by atoms with Gasteiger partial charge < -0.3 is 29.3 Å². The monoisotopic (exact) mass is 525 g/mol. The molecule has 1 aromatic carbocycles. The molecular formula is C26H32BN3O8. The molecule has 5 atom stereocenters. The molecule has 2 aliphatic rings. The number of fused-ring (bicyclic) bond motifs is 1. The van der Waals surface area contributed by atoms with Crippen LogP contribution in [0.1, 0.15) is 44.6 Å². The number of carbonyl (C=O) groups is 4. The first kappa shape index (κ1) is 27.3. The van der Waals surface area contributed by atoms with Crippen LogP contribution in [-0.2, 0) is 28.0 Å². The molecule has 0 radical (unpaired) electrons. The van der Waals surface area contributed by atoms with E-state index in [-0.39, 0.29) is 18.2 Å². The van der Waals surface area contributed by atoms with Crippen molar-refractivity contribution in [1.82, 2.24) is 15.6 Å². The van der Waals surface area contributed by atoms with E-state index in [2.05, 4.69) is 19.9 Å². The van der Waals surface area contributed by atoms with Crippen LogP contribution in [0, 0.1) is 5.92 Å². The standard InChI is InChI=1S/C26H32BN3O8/c1-15(2)13-21(27-36-22(32)14-38(27)17(4)26(35)37-27)29-25(34)23(16(3)31)30-24(33)20-12-8-11-19(28-20)18-9-6-5-7-10-18/h5-12,15-17,21,23,31H,13-14H2,1-4H3,(H,29,34)(H,30,33)/t16-,17-,21+,23+,27?/m1/s1. The van der Waals surface area contributed by atoms with Crippen molar-refractivity contribution >= 4 is 30.5 Å². The third-order valence-corrected chi connectivity index (χ3v) is 6.72. The Balaban J connectivity index is 1.55. The Morgan fingerprint density at radius 3 is 2.45 bits per heavy atom. The highest BCUT2D eigenvalue weighted by Crippen LogP contribution is 2.39. The highest BCUT2D eigenvalue weighted by atomic mass is 16.9.